The molecule has 3 nitrogen and oxygen atoms in total. The van der Waals surface area contributed by atoms with Gasteiger partial charge in [-0.1, -0.05) is 6.42 Å². The number of primary amides is 1. The maximum atomic E-state index is 10.7. The van der Waals surface area contributed by atoms with Gasteiger partial charge in [-0.05, 0) is 25.7 Å². The van der Waals surface area contributed by atoms with Crippen molar-refractivity contribution in [2.75, 3.05) is 0 Å². The van der Waals surface area contributed by atoms with Crippen LogP contribution in [-0.4, -0.2) is 10.9 Å². The minimum absolute atomic E-state index is 0.283. The normalized spacial score (nSPS) is 16.0. The second-order valence-electron chi connectivity index (χ2n) is 3.68. The quantitative estimate of drug-likeness (QED) is 0.751. The lowest BCUT2D eigenvalue weighted by atomic mass is 10.2. The van der Waals surface area contributed by atoms with Gasteiger partial charge in [0, 0.05) is 4.88 Å². The fraction of sp³-hybridized carbons (Fsp3) is 0.600. The van der Waals surface area contributed by atoms with Crippen molar-refractivity contribution in [3.05, 3.63) is 15.6 Å². The molecular formula is C10H14N2OS. The Bertz CT molecular complexity index is 322. The second-order valence-corrected chi connectivity index (χ2v) is 4.85. The largest absolute Gasteiger partial charge is 0.369 e. The summed E-state index contributed by atoms with van der Waals surface area (Å²) in [6.07, 6.45) is 6.29. The molecule has 1 aromatic heterocycles. The van der Waals surface area contributed by atoms with Gasteiger partial charge in [0.1, 0.15) is 5.01 Å². The molecule has 0 aliphatic heterocycles. The number of aromatic nitrogens is 1. The Labute approximate surface area is 87.3 Å². The summed E-state index contributed by atoms with van der Waals surface area (Å²) in [5.41, 5.74) is 6.35. The number of rotatable bonds is 2. The third-order valence-electron chi connectivity index (χ3n) is 2.47. The van der Waals surface area contributed by atoms with Crippen molar-refractivity contribution in [3.8, 4) is 0 Å². The number of thiazole rings is 1. The fourth-order valence-electron chi connectivity index (χ4n) is 1.81. The molecule has 4 heteroatoms. The smallest absolute Gasteiger partial charge is 0.224 e. The zero-order chi connectivity index (χ0) is 9.97. The van der Waals surface area contributed by atoms with E-state index in [0.717, 1.165) is 17.8 Å². The molecule has 2 N–H and O–H groups in total. The van der Waals surface area contributed by atoms with Gasteiger partial charge in [-0.3, -0.25) is 4.79 Å². The first kappa shape index (κ1) is 9.65. The van der Waals surface area contributed by atoms with E-state index in [2.05, 4.69) is 4.98 Å². The van der Waals surface area contributed by atoms with Crippen molar-refractivity contribution in [2.24, 2.45) is 5.73 Å². The van der Waals surface area contributed by atoms with Crippen molar-refractivity contribution in [2.45, 2.75) is 38.5 Å². The minimum Gasteiger partial charge on any atom is -0.369 e. The summed E-state index contributed by atoms with van der Waals surface area (Å²) in [6, 6.07) is 0. The van der Waals surface area contributed by atoms with Crippen LogP contribution >= 0.6 is 11.3 Å². The predicted molar refractivity (Wildman–Crippen MR) is 56.3 cm³/mol. The molecule has 1 heterocycles. The highest BCUT2D eigenvalue weighted by Gasteiger charge is 2.14. The minimum atomic E-state index is -0.283. The zero-order valence-electron chi connectivity index (χ0n) is 8.08. The van der Waals surface area contributed by atoms with Crippen molar-refractivity contribution in [3.63, 3.8) is 0 Å². The first-order chi connectivity index (χ1) is 6.75. The maximum Gasteiger partial charge on any atom is 0.224 e. The topological polar surface area (TPSA) is 56.0 Å². The molecule has 0 bridgehead atoms. The van der Waals surface area contributed by atoms with Crippen LogP contribution in [0.1, 0.15) is 34.8 Å². The van der Waals surface area contributed by atoms with Gasteiger partial charge in [-0.2, -0.15) is 0 Å². The summed E-state index contributed by atoms with van der Waals surface area (Å²) < 4.78 is 0. The van der Waals surface area contributed by atoms with Crippen LogP contribution in [0.4, 0.5) is 0 Å². The van der Waals surface area contributed by atoms with Gasteiger partial charge in [-0.25, -0.2) is 4.98 Å². The molecule has 1 amide bonds. The van der Waals surface area contributed by atoms with Gasteiger partial charge in [0.25, 0.3) is 0 Å². The Morgan fingerprint density at radius 3 is 2.93 bits per heavy atom. The average molecular weight is 210 g/mol. The third-order valence-corrected chi connectivity index (χ3v) is 3.62. The summed E-state index contributed by atoms with van der Waals surface area (Å²) in [5.74, 6) is -0.283. The molecule has 2 rings (SSSR count). The van der Waals surface area contributed by atoms with E-state index < -0.39 is 0 Å². The predicted octanol–water partition coefficient (Wildman–Crippen LogP) is 1.44. The van der Waals surface area contributed by atoms with Gasteiger partial charge < -0.3 is 5.73 Å². The van der Waals surface area contributed by atoms with Crippen molar-refractivity contribution in [1.82, 2.24) is 4.98 Å². The molecule has 0 fully saturated rings. The Morgan fingerprint density at radius 2 is 2.14 bits per heavy atom. The van der Waals surface area contributed by atoms with Crippen LogP contribution in [-0.2, 0) is 24.1 Å². The number of nitrogens with zero attached hydrogens (tertiary/aromatic N) is 1. The molecule has 1 aliphatic rings. The molecule has 0 saturated heterocycles. The van der Waals surface area contributed by atoms with E-state index in [0.29, 0.717) is 6.42 Å². The lowest BCUT2D eigenvalue weighted by molar-refractivity contribution is -0.117. The van der Waals surface area contributed by atoms with Gasteiger partial charge in [0.05, 0.1) is 12.1 Å². The van der Waals surface area contributed by atoms with Crippen LogP contribution in [0.3, 0.4) is 0 Å². The van der Waals surface area contributed by atoms with E-state index in [1.165, 1.54) is 29.8 Å². The molecule has 1 aliphatic carbocycles. The SMILES string of the molecule is NC(=O)Cc1nc2c(s1)CCCCC2. The molecule has 1 aromatic rings. The number of fused-ring (bicyclic) bond motifs is 1. The summed E-state index contributed by atoms with van der Waals surface area (Å²) in [7, 11) is 0. The van der Waals surface area contributed by atoms with Crippen LogP contribution in [0.5, 0.6) is 0 Å². The number of nitrogens with two attached hydrogens (primary N) is 1. The van der Waals surface area contributed by atoms with Crippen LogP contribution in [0, 0.1) is 0 Å². The molecule has 0 unspecified atom stereocenters. The van der Waals surface area contributed by atoms with Gasteiger partial charge in [0.15, 0.2) is 0 Å². The van der Waals surface area contributed by atoms with E-state index in [4.69, 9.17) is 5.73 Å². The molecule has 0 radical (unpaired) electrons. The highest BCUT2D eigenvalue weighted by molar-refractivity contribution is 7.11. The van der Waals surface area contributed by atoms with E-state index >= 15 is 0 Å². The van der Waals surface area contributed by atoms with Gasteiger partial charge in [-0.15, -0.1) is 11.3 Å². The Morgan fingerprint density at radius 1 is 1.36 bits per heavy atom. The van der Waals surface area contributed by atoms with E-state index in [9.17, 15) is 4.79 Å². The van der Waals surface area contributed by atoms with Gasteiger partial charge in [0.2, 0.25) is 5.91 Å². The second kappa shape index (κ2) is 4.09. The maximum absolute atomic E-state index is 10.7. The van der Waals surface area contributed by atoms with E-state index in [-0.39, 0.29) is 5.91 Å². The molecule has 0 spiro atoms. The van der Waals surface area contributed by atoms with Crippen molar-refractivity contribution in [1.29, 1.82) is 0 Å². The van der Waals surface area contributed by atoms with Crippen LogP contribution < -0.4 is 5.73 Å². The Balaban J connectivity index is 2.18. The molecular weight excluding hydrogens is 196 g/mol. The third kappa shape index (κ3) is 2.12. The summed E-state index contributed by atoms with van der Waals surface area (Å²) in [6.45, 7) is 0. The number of aryl methyl sites for hydroxylation is 2. The highest BCUT2D eigenvalue weighted by atomic mass is 32.1. The van der Waals surface area contributed by atoms with Crippen LogP contribution in [0.2, 0.25) is 0 Å². The van der Waals surface area contributed by atoms with Crippen LogP contribution in [0.15, 0.2) is 0 Å². The Hall–Kier alpha value is -0.900. The average Bonchev–Trinajstić information content (AvgIpc) is 2.34. The molecule has 0 atom stereocenters. The van der Waals surface area contributed by atoms with E-state index in [1.807, 2.05) is 0 Å². The lowest BCUT2D eigenvalue weighted by Gasteiger charge is -1.91. The summed E-state index contributed by atoms with van der Waals surface area (Å²) in [4.78, 5) is 16.6. The lowest BCUT2D eigenvalue weighted by Crippen LogP contribution is -2.13. The number of carbonyl (C=O) groups excluding carboxylic acids is 1. The van der Waals surface area contributed by atoms with Gasteiger partial charge >= 0.3 is 0 Å². The fourth-order valence-corrected chi connectivity index (χ4v) is 2.97. The summed E-state index contributed by atoms with van der Waals surface area (Å²) >= 11 is 1.67. The number of hydrogen-bond donors (Lipinski definition) is 1. The first-order valence-electron chi connectivity index (χ1n) is 5.01. The Kier molecular flexibility index (Phi) is 2.82. The summed E-state index contributed by atoms with van der Waals surface area (Å²) in [5, 5.41) is 0.893. The molecule has 76 valence electrons. The highest BCUT2D eigenvalue weighted by Crippen LogP contribution is 2.26. The number of amides is 1. The molecule has 0 saturated carbocycles. The number of carbonyl (C=O) groups is 1. The zero-order valence-corrected chi connectivity index (χ0v) is 8.90. The monoisotopic (exact) mass is 210 g/mol. The first-order valence-corrected chi connectivity index (χ1v) is 5.83. The van der Waals surface area contributed by atoms with Crippen LogP contribution in [0.25, 0.3) is 0 Å². The number of hydrogen-bond acceptors (Lipinski definition) is 3. The standard InChI is InChI=1S/C10H14N2OS/c11-9(13)6-10-12-7-4-2-1-3-5-8(7)14-10/h1-6H2,(H2,11,13). The van der Waals surface area contributed by atoms with Crippen molar-refractivity contribution >= 4 is 17.2 Å². The van der Waals surface area contributed by atoms with E-state index in [1.54, 1.807) is 11.3 Å². The van der Waals surface area contributed by atoms with Crippen molar-refractivity contribution < 1.29 is 4.79 Å². The molecule has 0 aromatic carbocycles. The molecule has 14 heavy (non-hydrogen) atoms.